The van der Waals surface area contributed by atoms with E-state index in [1.807, 2.05) is 0 Å². The monoisotopic (exact) mass is 462 g/mol. The zero-order chi connectivity index (χ0) is 16.2. The van der Waals surface area contributed by atoms with Crippen LogP contribution in [0, 0.1) is 25.7 Å². The second-order valence-electron chi connectivity index (χ2n) is 6.99. The molecule has 0 saturated heterocycles. The zero-order valence-corrected chi connectivity index (χ0v) is 18.2. The van der Waals surface area contributed by atoms with Crippen LogP contribution < -0.4 is 10.6 Å². The molecule has 0 amide bonds. The lowest BCUT2D eigenvalue weighted by molar-refractivity contribution is 0.315. The molecule has 0 bridgehead atoms. The smallest absolute Gasteiger partial charge is 0.191 e. The molecular formula is C18H31IN4S. The van der Waals surface area contributed by atoms with E-state index in [1.54, 1.807) is 11.3 Å². The van der Waals surface area contributed by atoms with Gasteiger partial charge in [-0.05, 0) is 39.0 Å². The van der Waals surface area contributed by atoms with Gasteiger partial charge in [0.2, 0.25) is 0 Å². The van der Waals surface area contributed by atoms with Crippen LogP contribution in [0.5, 0.6) is 0 Å². The number of rotatable bonds is 5. The van der Waals surface area contributed by atoms with Crippen molar-refractivity contribution in [3.63, 3.8) is 0 Å². The molecule has 0 radical (unpaired) electrons. The Kier molecular flexibility index (Phi) is 7.78. The van der Waals surface area contributed by atoms with Crippen molar-refractivity contribution in [1.82, 2.24) is 15.6 Å². The highest BCUT2D eigenvalue weighted by atomic mass is 127. The fraction of sp³-hybridized carbons (Fsp3) is 0.778. The molecule has 1 heterocycles. The van der Waals surface area contributed by atoms with Crippen molar-refractivity contribution < 1.29 is 0 Å². The summed E-state index contributed by atoms with van der Waals surface area (Å²) < 4.78 is 0. The first-order chi connectivity index (χ1) is 11.2. The van der Waals surface area contributed by atoms with Gasteiger partial charge in [0.1, 0.15) is 0 Å². The Bertz CT molecular complexity index is 551. The number of aromatic nitrogens is 1. The average Bonchev–Trinajstić information content (AvgIpc) is 3.23. The Balaban J connectivity index is 0.00000208. The van der Waals surface area contributed by atoms with Crippen LogP contribution in [0.2, 0.25) is 0 Å². The van der Waals surface area contributed by atoms with Crippen molar-refractivity contribution in [2.75, 3.05) is 6.54 Å². The SMILES string of the molecule is CCNC(=NCc1sc(C)nc1C)NC1CC1C1CCCCC1.I. The maximum atomic E-state index is 4.78. The van der Waals surface area contributed by atoms with E-state index >= 15 is 0 Å². The van der Waals surface area contributed by atoms with Gasteiger partial charge in [0.05, 0.1) is 17.2 Å². The molecule has 3 rings (SSSR count). The molecule has 1 aromatic rings. The average molecular weight is 462 g/mol. The van der Waals surface area contributed by atoms with E-state index in [0.29, 0.717) is 6.04 Å². The summed E-state index contributed by atoms with van der Waals surface area (Å²) in [7, 11) is 0. The molecule has 136 valence electrons. The highest BCUT2D eigenvalue weighted by molar-refractivity contribution is 14.0. The number of aliphatic imine (C=N–C) groups is 1. The molecule has 0 aliphatic heterocycles. The Hall–Kier alpha value is -0.370. The van der Waals surface area contributed by atoms with E-state index in [2.05, 4.69) is 36.4 Å². The lowest BCUT2D eigenvalue weighted by Gasteiger charge is -2.22. The predicted molar refractivity (Wildman–Crippen MR) is 113 cm³/mol. The van der Waals surface area contributed by atoms with Gasteiger partial charge in [-0.3, -0.25) is 0 Å². The van der Waals surface area contributed by atoms with Gasteiger partial charge in [-0.1, -0.05) is 32.1 Å². The molecule has 24 heavy (non-hydrogen) atoms. The quantitative estimate of drug-likeness (QED) is 0.388. The van der Waals surface area contributed by atoms with Gasteiger partial charge in [-0.2, -0.15) is 0 Å². The minimum atomic E-state index is 0. The molecule has 4 nitrogen and oxygen atoms in total. The molecule has 0 spiro atoms. The van der Waals surface area contributed by atoms with E-state index in [-0.39, 0.29) is 24.0 Å². The highest BCUT2D eigenvalue weighted by Gasteiger charge is 2.43. The zero-order valence-electron chi connectivity index (χ0n) is 15.1. The number of hydrogen-bond donors (Lipinski definition) is 2. The number of thiazole rings is 1. The Labute approximate surface area is 167 Å². The third-order valence-electron chi connectivity index (χ3n) is 5.14. The summed E-state index contributed by atoms with van der Waals surface area (Å²) in [6, 6.07) is 0.639. The van der Waals surface area contributed by atoms with Crippen LogP contribution in [-0.4, -0.2) is 23.5 Å². The van der Waals surface area contributed by atoms with Crippen molar-refractivity contribution in [2.24, 2.45) is 16.8 Å². The Morgan fingerprint density at radius 1 is 1.25 bits per heavy atom. The first kappa shape index (κ1) is 19.9. The van der Waals surface area contributed by atoms with Gasteiger partial charge >= 0.3 is 0 Å². The van der Waals surface area contributed by atoms with Gasteiger partial charge in [0.15, 0.2) is 5.96 Å². The van der Waals surface area contributed by atoms with Crippen LogP contribution in [0.1, 0.15) is 61.0 Å². The molecule has 1 aromatic heterocycles. The predicted octanol–water partition coefficient (Wildman–Crippen LogP) is 4.40. The van der Waals surface area contributed by atoms with Gasteiger partial charge in [-0.15, -0.1) is 35.3 Å². The molecule has 2 fully saturated rings. The number of halogens is 1. The molecular weight excluding hydrogens is 431 g/mol. The van der Waals surface area contributed by atoms with E-state index in [1.165, 1.54) is 43.4 Å². The van der Waals surface area contributed by atoms with Crippen LogP contribution in [0.3, 0.4) is 0 Å². The fourth-order valence-corrected chi connectivity index (χ4v) is 4.69. The van der Waals surface area contributed by atoms with E-state index < -0.39 is 0 Å². The topological polar surface area (TPSA) is 49.3 Å². The summed E-state index contributed by atoms with van der Waals surface area (Å²) in [5, 5.41) is 8.19. The van der Waals surface area contributed by atoms with E-state index in [9.17, 15) is 0 Å². The maximum Gasteiger partial charge on any atom is 0.191 e. The minimum Gasteiger partial charge on any atom is -0.357 e. The largest absolute Gasteiger partial charge is 0.357 e. The summed E-state index contributed by atoms with van der Waals surface area (Å²) in [5.74, 6) is 2.81. The summed E-state index contributed by atoms with van der Waals surface area (Å²) in [4.78, 5) is 10.5. The molecule has 2 N–H and O–H groups in total. The van der Waals surface area contributed by atoms with Crippen LogP contribution in [0.15, 0.2) is 4.99 Å². The van der Waals surface area contributed by atoms with Crippen LogP contribution in [0.4, 0.5) is 0 Å². The third kappa shape index (κ3) is 5.31. The summed E-state index contributed by atoms with van der Waals surface area (Å²) in [6.07, 6.45) is 8.52. The van der Waals surface area contributed by atoms with Gasteiger partial charge < -0.3 is 10.6 Å². The number of guanidine groups is 1. The molecule has 6 heteroatoms. The van der Waals surface area contributed by atoms with Crippen LogP contribution in [-0.2, 0) is 6.54 Å². The highest BCUT2D eigenvalue weighted by Crippen LogP contribution is 2.44. The fourth-order valence-electron chi connectivity index (χ4n) is 3.83. The minimum absolute atomic E-state index is 0. The molecule has 2 atom stereocenters. The van der Waals surface area contributed by atoms with Crippen LogP contribution >= 0.6 is 35.3 Å². The van der Waals surface area contributed by atoms with Gasteiger partial charge in [-0.25, -0.2) is 9.98 Å². The second kappa shape index (κ2) is 9.36. The number of nitrogens with zero attached hydrogens (tertiary/aromatic N) is 2. The van der Waals surface area contributed by atoms with Crippen LogP contribution in [0.25, 0.3) is 0 Å². The van der Waals surface area contributed by atoms with Crippen molar-refractivity contribution in [1.29, 1.82) is 0 Å². The first-order valence-corrected chi connectivity index (χ1v) is 9.96. The molecule has 2 unspecified atom stereocenters. The first-order valence-electron chi connectivity index (χ1n) is 9.15. The molecule has 0 aromatic carbocycles. The van der Waals surface area contributed by atoms with E-state index in [4.69, 9.17) is 4.99 Å². The number of nitrogens with one attached hydrogen (secondary N) is 2. The molecule has 2 aliphatic rings. The summed E-state index contributed by atoms with van der Waals surface area (Å²) in [6.45, 7) is 7.91. The summed E-state index contributed by atoms with van der Waals surface area (Å²) >= 11 is 1.76. The second-order valence-corrected chi connectivity index (χ2v) is 8.27. The third-order valence-corrected chi connectivity index (χ3v) is 6.20. The maximum absolute atomic E-state index is 4.78. The summed E-state index contributed by atoms with van der Waals surface area (Å²) in [5.41, 5.74) is 1.12. The molecule has 2 saturated carbocycles. The standard InChI is InChI=1S/C18H30N4S.HI/c1-4-19-18(20-11-17-12(2)21-13(3)23-17)22-16-10-15(16)14-8-6-5-7-9-14;/h14-16H,4-11H2,1-3H3,(H2,19,20,22);1H. The molecule has 2 aliphatic carbocycles. The lowest BCUT2D eigenvalue weighted by Crippen LogP contribution is -2.39. The van der Waals surface area contributed by atoms with Crippen molar-refractivity contribution in [2.45, 2.75) is 71.9 Å². The number of aryl methyl sites for hydroxylation is 2. The Morgan fingerprint density at radius 2 is 2.00 bits per heavy atom. The van der Waals surface area contributed by atoms with Crippen molar-refractivity contribution in [3.8, 4) is 0 Å². The Morgan fingerprint density at radius 3 is 2.62 bits per heavy atom. The van der Waals surface area contributed by atoms with Gasteiger partial charge in [0.25, 0.3) is 0 Å². The van der Waals surface area contributed by atoms with Gasteiger partial charge in [0, 0.05) is 17.5 Å². The normalized spacial score (nSPS) is 24.4. The van der Waals surface area contributed by atoms with E-state index in [0.717, 1.165) is 41.6 Å². The van der Waals surface area contributed by atoms with Crippen molar-refractivity contribution >= 4 is 41.3 Å². The number of hydrogen-bond acceptors (Lipinski definition) is 3. The lowest BCUT2D eigenvalue weighted by atomic mass is 9.85. The van der Waals surface area contributed by atoms with Crippen molar-refractivity contribution in [3.05, 3.63) is 15.6 Å².